The summed E-state index contributed by atoms with van der Waals surface area (Å²) in [5.41, 5.74) is 1.23. The number of carbonyl (C=O) groups is 2. The highest BCUT2D eigenvalue weighted by Crippen LogP contribution is 2.18. The van der Waals surface area contributed by atoms with E-state index in [0.717, 1.165) is 0 Å². The molecule has 0 saturated carbocycles. The summed E-state index contributed by atoms with van der Waals surface area (Å²) in [4.78, 5) is 26.0. The Morgan fingerprint density at radius 3 is 1.85 bits per heavy atom. The highest BCUT2D eigenvalue weighted by atomic mass is 16.6. The van der Waals surface area contributed by atoms with Crippen LogP contribution in [0.1, 0.15) is 31.8 Å². The van der Waals surface area contributed by atoms with E-state index in [-0.39, 0.29) is 22.4 Å². The molecule has 3 aromatic carbocycles. The predicted octanol–water partition coefficient (Wildman–Crippen LogP) is 1.73. The van der Waals surface area contributed by atoms with Crippen LogP contribution in [0.25, 0.3) is 0 Å². The van der Waals surface area contributed by atoms with Crippen molar-refractivity contribution in [3.63, 3.8) is 0 Å². The molecule has 6 heteroatoms. The Bertz CT molecular complexity index is 929. The van der Waals surface area contributed by atoms with Crippen molar-refractivity contribution in [1.82, 2.24) is 0 Å². The fraction of sp³-hybridized carbons (Fsp3) is 0. The van der Waals surface area contributed by atoms with E-state index in [1.54, 1.807) is 72.8 Å². The van der Waals surface area contributed by atoms with Crippen molar-refractivity contribution in [2.75, 3.05) is 0 Å². The fourth-order valence-electron chi connectivity index (χ4n) is 2.77. The van der Waals surface area contributed by atoms with E-state index < -0.39 is 12.9 Å². The van der Waals surface area contributed by atoms with Crippen LogP contribution in [0.5, 0.6) is 0 Å². The van der Waals surface area contributed by atoms with Gasteiger partial charge in [0.15, 0.2) is 11.6 Å². The van der Waals surface area contributed by atoms with E-state index in [0.29, 0.717) is 11.1 Å². The van der Waals surface area contributed by atoms with Gasteiger partial charge in [0.05, 0.1) is 0 Å². The first-order valence-electron chi connectivity index (χ1n) is 7.99. The normalized spacial score (nSPS) is 10.4. The Morgan fingerprint density at radius 1 is 0.769 bits per heavy atom. The first kappa shape index (κ1) is 17.8. The Morgan fingerprint density at radius 2 is 1.31 bits per heavy atom. The lowest BCUT2D eigenvalue weighted by Gasteiger charge is -2.14. The lowest BCUT2D eigenvalue weighted by molar-refractivity contribution is 0.100. The summed E-state index contributed by atoms with van der Waals surface area (Å²) in [7, 11) is -1.53. The van der Waals surface area contributed by atoms with Crippen molar-refractivity contribution in [3.05, 3.63) is 101 Å². The smallest absolute Gasteiger partial charge is 0.422 e. The van der Waals surface area contributed by atoms with E-state index in [9.17, 15) is 14.6 Å². The van der Waals surface area contributed by atoms with Gasteiger partial charge in [-0.3, -0.25) is 9.59 Å². The van der Waals surface area contributed by atoms with E-state index in [1.165, 1.54) is 6.07 Å². The highest BCUT2D eigenvalue weighted by Gasteiger charge is 2.28. The van der Waals surface area contributed by atoms with Gasteiger partial charge >= 0.3 is 7.12 Å². The number of nitrogens with two attached hydrogens (primary N) is 1. The van der Waals surface area contributed by atoms with Crippen molar-refractivity contribution < 1.29 is 19.4 Å². The Labute approximate surface area is 151 Å². The van der Waals surface area contributed by atoms with Gasteiger partial charge in [0.2, 0.25) is 0 Å². The molecule has 5 nitrogen and oxygen atoms in total. The Hall–Kier alpha value is -3.06. The number of hydrogen-bond acceptors (Lipinski definition) is 5. The average Bonchev–Trinajstić information content (AvgIpc) is 2.72. The third-order valence-corrected chi connectivity index (χ3v) is 4.04. The summed E-state index contributed by atoms with van der Waals surface area (Å²) in [5.74, 6) is 4.39. The van der Waals surface area contributed by atoms with Gasteiger partial charge in [0, 0.05) is 22.3 Å². The molecule has 0 aliphatic heterocycles. The SMILES string of the molecule is NOB(O)c1cccc(C(=O)c2ccccc2)c1C(=O)c1ccccc1. The number of hydrogen-bond donors (Lipinski definition) is 2. The van der Waals surface area contributed by atoms with Crippen molar-refractivity contribution in [1.29, 1.82) is 0 Å². The summed E-state index contributed by atoms with van der Waals surface area (Å²) < 4.78 is 4.50. The third-order valence-electron chi connectivity index (χ3n) is 4.04. The fourth-order valence-corrected chi connectivity index (χ4v) is 2.77. The number of benzene rings is 3. The van der Waals surface area contributed by atoms with Crippen LogP contribution in [0.15, 0.2) is 78.9 Å². The molecule has 0 atom stereocenters. The standard InChI is InChI=1S/C20H16BNO4/c22-26-21(25)17-13-7-12-16(19(23)14-8-3-1-4-9-14)18(17)20(24)15-10-5-2-6-11-15/h1-13,25H,22H2. The molecule has 26 heavy (non-hydrogen) atoms. The van der Waals surface area contributed by atoms with E-state index in [1.807, 2.05) is 0 Å². The molecule has 3 rings (SSSR count). The molecule has 0 fully saturated rings. The molecule has 0 amide bonds. The molecular formula is C20H16BNO4. The number of ketones is 2. The summed E-state index contributed by atoms with van der Waals surface area (Å²) in [6, 6.07) is 21.8. The van der Waals surface area contributed by atoms with Gasteiger partial charge in [-0.15, -0.1) is 0 Å². The second kappa shape index (κ2) is 7.88. The summed E-state index contributed by atoms with van der Waals surface area (Å²) in [5, 5.41) is 10.1. The minimum absolute atomic E-state index is 0.0745. The second-order valence-corrected chi connectivity index (χ2v) is 5.65. The quantitative estimate of drug-likeness (QED) is 0.403. The predicted molar refractivity (Wildman–Crippen MR) is 99.1 cm³/mol. The van der Waals surface area contributed by atoms with Crippen LogP contribution in [0, 0.1) is 0 Å². The van der Waals surface area contributed by atoms with E-state index in [4.69, 9.17) is 5.90 Å². The number of rotatable bonds is 6. The van der Waals surface area contributed by atoms with E-state index >= 15 is 0 Å². The van der Waals surface area contributed by atoms with Crippen LogP contribution < -0.4 is 11.4 Å². The molecule has 3 aromatic rings. The van der Waals surface area contributed by atoms with Gasteiger partial charge in [-0.05, 0) is 5.46 Å². The molecule has 0 bridgehead atoms. The van der Waals surface area contributed by atoms with Crippen molar-refractivity contribution in [3.8, 4) is 0 Å². The summed E-state index contributed by atoms with van der Waals surface area (Å²) in [6.45, 7) is 0. The number of carbonyl (C=O) groups excluding carboxylic acids is 2. The molecule has 0 aliphatic carbocycles. The monoisotopic (exact) mass is 345 g/mol. The average molecular weight is 345 g/mol. The van der Waals surface area contributed by atoms with Gasteiger partial charge in [0.1, 0.15) is 0 Å². The maximum absolute atomic E-state index is 13.1. The van der Waals surface area contributed by atoms with Crippen LogP contribution in [0.3, 0.4) is 0 Å². The van der Waals surface area contributed by atoms with Gasteiger partial charge in [-0.25, -0.2) is 5.90 Å². The van der Waals surface area contributed by atoms with Crippen LogP contribution in [-0.4, -0.2) is 23.7 Å². The maximum atomic E-state index is 13.1. The molecule has 0 saturated heterocycles. The van der Waals surface area contributed by atoms with E-state index in [2.05, 4.69) is 4.76 Å². The topological polar surface area (TPSA) is 89.6 Å². The minimum Gasteiger partial charge on any atom is -0.422 e. The maximum Gasteiger partial charge on any atom is 0.508 e. The first-order chi connectivity index (χ1) is 12.6. The summed E-state index contributed by atoms with van der Waals surface area (Å²) >= 11 is 0. The van der Waals surface area contributed by atoms with Gasteiger partial charge in [0.25, 0.3) is 0 Å². The first-order valence-corrected chi connectivity index (χ1v) is 7.99. The zero-order valence-corrected chi connectivity index (χ0v) is 13.8. The zero-order valence-electron chi connectivity index (χ0n) is 13.8. The molecule has 0 radical (unpaired) electrons. The van der Waals surface area contributed by atoms with Crippen LogP contribution >= 0.6 is 0 Å². The highest BCUT2D eigenvalue weighted by molar-refractivity contribution is 6.62. The molecule has 0 heterocycles. The minimum atomic E-state index is -1.53. The van der Waals surface area contributed by atoms with Crippen LogP contribution in [0.4, 0.5) is 0 Å². The van der Waals surface area contributed by atoms with Crippen LogP contribution in [0.2, 0.25) is 0 Å². The molecule has 3 N–H and O–H groups in total. The zero-order chi connectivity index (χ0) is 18.5. The molecule has 128 valence electrons. The molecule has 0 unspecified atom stereocenters. The van der Waals surface area contributed by atoms with Gasteiger partial charge in [-0.1, -0.05) is 78.9 Å². The molecule has 0 aromatic heterocycles. The third kappa shape index (κ3) is 3.48. The van der Waals surface area contributed by atoms with Crippen molar-refractivity contribution in [2.45, 2.75) is 0 Å². The molecular weight excluding hydrogens is 329 g/mol. The van der Waals surface area contributed by atoms with Crippen molar-refractivity contribution in [2.24, 2.45) is 5.90 Å². The lowest BCUT2D eigenvalue weighted by Crippen LogP contribution is -2.40. The van der Waals surface area contributed by atoms with Gasteiger partial charge in [-0.2, -0.15) is 0 Å². The largest absolute Gasteiger partial charge is 0.508 e. The van der Waals surface area contributed by atoms with Crippen LogP contribution in [-0.2, 0) is 4.76 Å². The molecule has 0 aliphatic rings. The Kier molecular flexibility index (Phi) is 5.38. The lowest BCUT2D eigenvalue weighted by atomic mass is 9.73. The Balaban J connectivity index is 2.19. The van der Waals surface area contributed by atoms with Gasteiger partial charge < -0.3 is 9.78 Å². The second-order valence-electron chi connectivity index (χ2n) is 5.65. The molecule has 0 spiro atoms. The van der Waals surface area contributed by atoms with Crippen molar-refractivity contribution >= 4 is 24.1 Å². The summed E-state index contributed by atoms with van der Waals surface area (Å²) in [6.07, 6.45) is 0.